The van der Waals surface area contributed by atoms with E-state index in [-0.39, 0.29) is 22.5 Å². The zero-order valence-electron chi connectivity index (χ0n) is 11.0. The number of halogens is 2. The van der Waals surface area contributed by atoms with E-state index in [4.69, 9.17) is 11.6 Å². The van der Waals surface area contributed by atoms with Gasteiger partial charge in [0.25, 0.3) is 0 Å². The Hall–Kier alpha value is -1.62. The van der Waals surface area contributed by atoms with Crippen molar-refractivity contribution in [3.8, 4) is 0 Å². The maximum absolute atomic E-state index is 13.6. The maximum atomic E-state index is 13.6. The van der Waals surface area contributed by atoms with Crippen LogP contribution in [0.3, 0.4) is 0 Å². The smallest absolute Gasteiger partial charge is 0.247 e. The molecule has 1 atom stereocenters. The summed E-state index contributed by atoms with van der Waals surface area (Å²) in [7, 11) is 0. The third-order valence-corrected chi connectivity index (χ3v) is 2.73. The van der Waals surface area contributed by atoms with E-state index in [0.29, 0.717) is 0 Å². The Morgan fingerprint density at radius 2 is 1.95 bits per heavy atom. The van der Waals surface area contributed by atoms with Crippen LogP contribution in [0.25, 0.3) is 0 Å². The number of hydrogen-bond donors (Lipinski definition) is 2. The van der Waals surface area contributed by atoms with Gasteiger partial charge in [-0.2, -0.15) is 0 Å². The average molecular weight is 287 g/mol. The number of carbonyl (C=O) groups is 2. The van der Waals surface area contributed by atoms with Crippen LogP contribution < -0.4 is 10.6 Å². The average Bonchev–Trinajstić information content (AvgIpc) is 2.29. The molecule has 0 radical (unpaired) electrons. The van der Waals surface area contributed by atoms with Gasteiger partial charge < -0.3 is 10.6 Å². The highest BCUT2D eigenvalue weighted by atomic mass is 35.5. The first-order valence-electron chi connectivity index (χ1n) is 5.84. The van der Waals surface area contributed by atoms with Gasteiger partial charge >= 0.3 is 0 Å². The van der Waals surface area contributed by atoms with Crippen LogP contribution in [0.4, 0.5) is 10.1 Å². The molecule has 104 valence electrons. The summed E-state index contributed by atoms with van der Waals surface area (Å²) in [6.07, 6.45) is 0. The number of anilines is 1. The molecule has 0 aliphatic heterocycles. The van der Waals surface area contributed by atoms with E-state index >= 15 is 0 Å². The lowest BCUT2D eigenvalue weighted by Gasteiger charge is -2.21. The first kappa shape index (κ1) is 15.4. The molecule has 2 N–H and O–H groups in total. The highest BCUT2D eigenvalue weighted by molar-refractivity contribution is 6.30. The number of carbonyl (C=O) groups excluding carboxylic acids is 2. The topological polar surface area (TPSA) is 58.2 Å². The minimum atomic E-state index is -0.715. The Morgan fingerprint density at radius 3 is 2.42 bits per heavy atom. The van der Waals surface area contributed by atoms with Crippen LogP contribution in [0, 0.1) is 11.7 Å². The number of benzene rings is 1. The maximum Gasteiger partial charge on any atom is 0.247 e. The molecule has 0 bridgehead atoms. The molecule has 0 heterocycles. The molecule has 0 saturated carbocycles. The molecule has 1 aromatic rings. The van der Waals surface area contributed by atoms with Crippen molar-refractivity contribution in [3.63, 3.8) is 0 Å². The largest absolute Gasteiger partial charge is 0.344 e. The van der Waals surface area contributed by atoms with Gasteiger partial charge in [0.2, 0.25) is 11.8 Å². The van der Waals surface area contributed by atoms with Gasteiger partial charge in [-0.05, 0) is 24.1 Å². The molecule has 0 aromatic heterocycles. The fourth-order valence-electron chi connectivity index (χ4n) is 1.56. The molecule has 1 rings (SSSR count). The zero-order chi connectivity index (χ0) is 14.6. The second-order valence-electron chi connectivity index (χ2n) is 4.54. The first-order chi connectivity index (χ1) is 8.81. The lowest BCUT2D eigenvalue weighted by atomic mass is 10.0. The van der Waals surface area contributed by atoms with E-state index in [1.165, 1.54) is 19.1 Å². The van der Waals surface area contributed by atoms with Crippen LogP contribution in [0.15, 0.2) is 18.2 Å². The molecular weight excluding hydrogens is 271 g/mol. The van der Waals surface area contributed by atoms with Crippen molar-refractivity contribution in [2.75, 3.05) is 5.32 Å². The van der Waals surface area contributed by atoms with Crippen LogP contribution in [-0.2, 0) is 9.59 Å². The van der Waals surface area contributed by atoms with Gasteiger partial charge in [-0.1, -0.05) is 25.4 Å². The van der Waals surface area contributed by atoms with E-state index in [2.05, 4.69) is 10.6 Å². The standard InChI is InChI=1S/C13H16ClFN2O2/c1-7(2)12(16-8(3)18)13(19)17-11-5-4-9(14)6-10(11)15/h4-7,12H,1-3H3,(H,16,18)(H,17,19)/t12-/m0/s1. The normalized spacial score (nSPS) is 12.1. The van der Waals surface area contributed by atoms with Gasteiger partial charge in [0.15, 0.2) is 0 Å². The molecule has 4 nitrogen and oxygen atoms in total. The Balaban J connectivity index is 2.84. The van der Waals surface area contributed by atoms with Crippen LogP contribution in [0.1, 0.15) is 20.8 Å². The van der Waals surface area contributed by atoms with Gasteiger partial charge in [-0.3, -0.25) is 9.59 Å². The second kappa shape index (κ2) is 6.52. The van der Waals surface area contributed by atoms with E-state index in [1.807, 2.05) is 0 Å². The Morgan fingerprint density at radius 1 is 1.32 bits per heavy atom. The summed E-state index contributed by atoms with van der Waals surface area (Å²) >= 11 is 5.63. The van der Waals surface area contributed by atoms with Gasteiger partial charge in [-0.25, -0.2) is 4.39 Å². The third-order valence-electron chi connectivity index (χ3n) is 2.50. The molecule has 0 fully saturated rings. The number of amides is 2. The predicted octanol–water partition coefficient (Wildman–Crippen LogP) is 2.58. The van der Waals surface area contributed by atoms with Crippen molar-refractivity contribution in [3.05, 3.63) is 29.0 Å². The van der Waals surface area contributed by atoms with E-state index in [1.54, 1.807) is 13.8 Å². The summed E-state index contributed by atoms with van der Waals surface area (Å²) in [6, 6.07) is 3.25. The summed E-state index contributed by atoms with van der Waals surface area (Å²) in [5, 5.41) is 5.22. The number of rotatable bonds is 4. The molecular formula is C13H16ClFN2O2. The van der Waals surface area contributed by atoms with Crippen molar-refractivity contribution in [1.82, 2.24) is 5.32 Å². The summed E-state index contributed by atoms with van der Waals surface area (Å²) in [5.74, 6) is -1.51. The summed E-state index contributed by atoms with van der Waals surface area (Å²) in [5.41, 5.74) is 0.0328. The molecule has 6 heteroatoms. The summed E-state index contributed by atoms with van der Waals surface area (Å²) < 4.78 is 13.6. The fourth-order valence-corrected chi connectivity index (χ4v) is 1.71. The summed E-state index contributed by atoms with van der Waals surface area (Å²) in [6.45, 7) is 4.91. The van der Waals surface area contributed by atoms with Crippen molar-refractivity contribution >= 4 is 29.1 Å². The molecule has 0 saturated heterocycles. The second-order valence-corrected chi connectivity index (χ2v) is 4.97. The molecule has 0 aliphatic rings. The number of hydrogen-bond acceptors (Lipinski definition) is 2. The van der Waals surface area contributed by atoms with Gasteiger partial charge in [-0.15, -0.1) is 0 Å². The van der Waals surface area contributed by atoms with Crippen molar-refractivity contribution in [2.45, 2.75) is 26.8 Å². The lowest BCUT2D eigenvalue weighted by molar-refractivity contribution is -0.126. The molecule has 19 heavy (non-hydrogen) atoms. The minimum Gasteiger partial charge on any atom is -0.344 e. The Kier molecular flexibility index (Phi) is 5.30. The van der Waals surface area contributed by atoms with Crippen LogP contribution in [-0.4, -0.2) is 17.9 Å². The van der Waals surface area contributed by atoms with Crippen LogP contribution in [0.5, 0.6) is 0 Å². The minimum absolute atomic E-state index is 0.0328. The van der Waals surface area contributed by atoms with Gasteiger partial charge in [0.05, 0.1) is 5.69 Å². The quantitative estimate of drug-likeness (QED) is 0.894. The highest BCUT2D eigenvalue weighted by Crippen LogP contribution is 2.19. The fraction of sp³-hybridized carbons (Fsp3) is 0.385. The van der Waals surface area contributed by atoms with Crippen LogP contribution in [0.2, 0.25) is 5.02 Å². The van der Waals surface area contributed by atoms with E-state index in [0.717, 1.165) is 6.07 Å². The van der Waals surface area contributed by atoms with Gasteiger partial charge in [0, 0.05) is 11.9 Å². The SMILES string of the molecule is CC(=O)N[C@H](C(=O)Nc1ccc(Cl)cc1F)C(C)C. The molecule has 1 aromatic carbocycles. The summed E-state index contributed by atoms with van der Waals surface area (Å²) in [4.78, 5) is 23.0. The third kappa shape index (κ3) is 4.52. The van der Waals surface area contributed by atoms with Crippen LogP contribution >= 0.6 is 11.6 Å². The Bertz CT molecular complexity index is 492. The van der Waals surface area contributed by atoms with E-state index < -0.39 is 17.8 Å². The number of nitrogens with one attached hydrogen (secondary N) is 2. The lowest BCUT2D eigenvalue weighted by Crippen LogP contribution is -2.46. The first-order valence-corrected chi connectivity index (χ1v) is 6.22. The van der Waals surface area contributed by atoms with Crippen molar-refractivity contribution < 1.29 is 14.0 Å². The zero-order valence-corrected chi connectivity index (χ0v) is 11.7. The monoisotopic (exact) mass is 286 g/mol. The van der Waals surface area contributed by atoms with Gasteiger partial charge in [0.1, 0.15) is 11.9 Å². The molecule has 0 aliphatic carbocycles. The van der Waals surface area contributed by atoms with Crippen molar-refractivity contribution in [2.24, 2.45) is 5.92 Å². The van der Waals surface area contributed by atoms with E-state index in [9.17, 15) is 14.0 Å². The Labute approximate surface area is 116 Å². The highest BCUT2D eigenvalue weighted by Gasteiger charge is 2.23. The molecule has 0 spiro atoms. The molecule has 2 amide bonds. The molecule has 0 unspecified atom stereocenters. The van der Waals surface area contributed by atoms with Crippen molar-refractivity contribution in [1.29, 1.82) is 0 Å². The predicted molar refractivity (Wildman–Crippen MR) is 72.5 cm³/mol.